The highest BCUT2D eigenvalue weighted by atomic mass is 32.2. The van der Waals surface area contributed by atoms with E-state index in [4.69, 9.17) is 15.5 Å². The quantitative estimate of drug-likeness (QED) is 0.475. The van der Waals surface area contributed by atoms with E-state index in [0.717, 1.165) is 54.7 Å². The van der Waals surface area contributed by atoms with Crippen molar-refractivity contribution in [2.24, 2.45) is 11.7 Å². The Bertz CT molecular complexity index is 1150. The molecule has 2 heterocycles. The van der Waals surface area contributed by atoms with Gasteiger partial charge in [-0.2, -0.15) is 4.98 Å². The molecule has 1 saturated carbocycles. The van der Waals surface area contributed by atoms with Gasteiger partial charge in [0.15, 0.2) is 0 Å². The van der Waals surface area contributed by atoms with Crippen molar-refractivity contribution in [1.29, 1.82) is 0 Å². The van der Waals surface area contributed by atoms with Gasteiger partial charge in [-0.05, 0) is 68.8 Å². The number of nitrogens with zero attached hydrogens (tertiary/aromatic N) is 3. The van der Waals surface area contributed by atoms with E-state index in [-0.39, 0.29) is 5.75 Å². The summed E-state index contributed by atoms with van der Waals surface area (Å²) >= 11 is 0. The van der Waals surface area contributed by atoms with Crippen molar-refractivity contribution >= 4 is 26.7 Å². The molecule has 3 N–H and O–H groups in total. The zero-order valence-corrected chi connectivity index (χ0v) is 19.2. The Hall–Kier alpha value is -2.65. The lowest BCUT2D eigenvalue weighted by molar-refractivity contribution is 0.321. The zero-order chi connectivity index (χ0) is 22.6. The number of sulfone groups is 1. The van der Waals surface area contributed by atoms with E-state index in [9.17, 15) is 8.42 Å². The highest BCUT2D eigenvalue weighted by Gasteiger charge is 2.21. The average molecular weight is 458 g/mol. The van der Waals surface area contributed by atoms with Crippen molar-refractivity contribution in [3.8, 4) is 11.6 Å². The van der Waals surface area contributed by atoms with Crippen molar-refractivity contribution in [3.63, 3.8) is 0 Å². The number of fused-ring (bicyclic) bond motifs is 1. The minimum atomic E-state index is -2.98. The predicted octanol–water partition coefficient (Wildman–Crippen LogP) is 3.16. The van der Waals surface area contributed by atoms with Crippen molar-refractivity contribution in [2.75, 3.05) is 30.5 Å². The van der Waals surface area contributed by atoms with Gasteiger partial charge in [0.05, 0.1) is 17.9 Å². The first-order valence-electron chi connectivity index (χ1n) is 11.1. The highest BCUT2D eigenvalue weighted by molar-refractivity contribution is 7.90. The molecule has 1 aliphatic carbocycles. The maximum atomic E-state index is 11.3. The summed E-state index contributed by atoms with van der Waals surface area (Å²) in [6.07, 6.45) is 9.89. The van der Waals surface area contributed by atoms with Crippen LogP contribution in [-0.2, 0) is 9.84 Å². The average Bonchev–Trinajstić information content (AvgIpc) is 3.22. The minimum absolute atomic E-state index is 0.120. The summed E-state index contributed by atoms with van der Waals surface area (Å²) < 4.78 is 30.5. The number of nitrogens with two attached hydrogens (primary N) is 1. The van der Waals surface area contributed by atoms with Crippen molar-refractivity contribution in [2.45, 2.75) is 38.1 Å². The normalized spacial score (nSPS) is 19.2. The van der Waals surface area contributed by atoms with Gasteiger partial charge in [0.1, 0.15) is 21.4 Å². The number of ether oxygens (including phenoxy) is 1. The molecule has 0 saturated heterocycles. The number of aromatic nitrogens is 3. The van der Waals surface area contributed by atoms with Crippen LogP contribution in [0.5, 0.6) is 5.75 Å². The number of benzene rings is 1. The van der Waals surface area contributed by atoms with Crippen LogP contribution in [-0.4, -0.2) is 54.2 Å². The van der Waals surface area contributed by atoms with E-state index < -0.39 is 9.84 Å². The van der Waals surface area contributed by atoms with Gasteiger partial charge in [-0.1, -0.05) is 6.07 Å². The molecule has 0 radical (unpaired) electrons. The van der Waals surface area contributed by atoms with Gasteiger partial charge >= 0.3 is 0 Å². The van der Waals surface area contributed by atoms with Crippen molar-refractivity contribution in [3.05, 3.63) is 42.7 Å². The summed E-state index contributed by atoms with van der Waals surface area (Å²) in [4.78, 5) is 9.16. The molecule has 8 nitrogen and oxygen atoms in total. The first-order valence-corrected chi connectivity index (χ1v) is 13.2. The van der Waals surface area contributed by atoms with E-state index in [1.54, 1.807) is 6.20 Å². The Balaban J connectivity index is 1.47. The molecule has 0 atom stereocenters. The molecule has 1 aliphatic rings. The fourth-order valence-electron chi connectivity index (χ4n) is 4.25. The number of rotatable bonds is 9. The summed E-state index contributed by atoms with van der Waals surface area (Å²) in [5.41, 5.74) is 6.77. The van der Waals surface area contributed by atoms with Gasteiger partial charge in [0.25, 0.3) is 0 Å². The Morgan fingerprint density at radius 1 is 1.19 bits per heavy atom. The summed E-state index contributed by atoms with van der Waals surface area (Å²) in [5.74, 6) is 2.90. The molecular formula is C23H31N5O3S. The first-order chi connectivity index (χ1) is 15.4. The largest absolute Gasteiger partial charge is 0.493 e. The number of anilines is 1. The summed E-state index contributed by atoms with van der Waals surface area (Å²) in [5, 5.41) is 4.44. The van der Waals surface area contributed by atoms with E-state index in [0.29, 0.717) is 30.9 Å². The monoisotopic (exact) mass is 457 g/mol. The molecule has 172 valence electrons. The van der Waals surface area contributed by atoms with Gasteiger partial charge in [-0.15, -0.1) is 0 Å². The molecule has 1 fully saturated rings. The van der Waals surface area contributed by atoms with Crippen LogP contribution in [0, 0.1) is 5.92 Å². The Morgan fingerprint density at radius 2 is 2.00 bits per heavy atom. The van der Waals surface area contributed by atoms with Gasteiger partial charge in [-0.25, -0.2) is 13.4 Å². The third-order valence-corrected chi connectivity index (χ3v) is 7.04. The summed E-state index contributed by atoms with van der Waals surface area (Å²) in [6, 6.07) is 10.1. The molecule has 9 heteroatoms. The Kier molecular flexibility index (Phi) is 6.95. The van der Waals surface area contributed by atoms with E-state index >= 15 is 0 Å². The number of hydrogen-bond acceptors (Lipinski definition) is 7. The molecule has 4 rings (SSSR count). The second-order valence-electron chi connectivity index (χ2n) is 8.54. The standard InChI is InChI=1S/C23H31N5O3S/c1-32(29,30)15-3-14-31-21-5-2-4-20-19(21)11-13-28(20)22-10-12-25-23(27-22)26-18-8-6-17(16-24)7-9-18/h2,4-5,10-13,17-18H,3,6-9,14-16,24H2,1H3,(H,25,26,27). The molecule has 32 heavy (non-hydrogen) atoms. The van der Waals surface area contributed by atoms with Gasteiger partial charge in [0.2, 0.25) is 5.95 Å². The molecule has 0 unspecified atom stereocenters. The van der Waals surface area contributed by atoms with Crippen LogP contribution in [0.1, 0.15) is 32.1 Å². The van der Waals surface area contributed by atoms with E-state index in [2.05, 4.69) is 10.3 Å². The smallest absolute Gasteiger partial charge is 0.224 e. The van der Waals surface area contributed by atoms with Crippen LogP contribution >= 0.6 is 0 Å². The lowest BCUT2D eigenvalue weighted by atomic mass is 9.86. The van der Waals surface area contributed by atoms with Crippen LogP contribution in [0.15, 0.2) is 42.7 Å². The third kappa shape index (κ3) is 5.58. The predicted molar refractivity (Wildman–Crippen MR) is 127 cm³/mol. The maximum Gasteiger partial charge on any atom is 0.224 e. The molecular weight excluding hydrogens is 426 g/mol. The second-order valence-corrected chi connectivity index (χ2v) is 10.8. The third-order valence-electron chi connectivity index (χ3n) is 6.01. The number of nitrogens with one attached hydrogen (secondary N) is 1. The lowest BCUT2D eigenvalue weighted by Crippen LogP contribution is -2.29. The van der Waals surface area contributed by atoms with E-state index in [1.807, 2.05) is 41.1 Å². The molecule has 0 amide bonds. The van der Waals surface area contributed by atoms with Crippen LogP contribution in [0.4, 0.5) is 5.95 Å². The molecule has 0 bridgehead atoms. The molecule has 3 aromatic rings. The second kappa shape index (κ2) is 9.87. The summed E-state index contributed by atoms with van der Waals surface area (Å²) in [7, 11) is -2.98. The van der Waals surface area contributed by atoms with Crippen molar-refractivity contribution in [1.82, 2.24) is 14.5 Å². The maximum absolute atomic E-state index is 11.3. The summed E-state index contributed by atoms with van der Waals surface area (Å²) in [6.45, 7) is 1.12. The SMILES string of the molecule is CS(=O)(=O)CCCOc1cccc2c1ccn2-c1ccnc(NC2CCC(CN)CC2)n1. The minimum Gasteiger partial charge on any atom is -0.493 e. The van der Waals surface area contributed by atoms with Crippen LogP contribution in [0.2, 0.25) is 0 Å². The number of hydrogen-bond donors (Lipinski definition) is 2. The Labute approximate surface area is 189 Å². The highest BCUT2D eigenvalue weighted by Crippen LogP contribution is 2.29. The van der Waals surface area contributed by atoms with Gasteiger partial charge in [0, 0.05) is 30.1 Å². The fourth-order valence-corrected chi connectivity index (χ4v) is 4.89. The topological polar surface area (TPSA) is 112 Å². The molecule has 0 spiro atoms. The van der Waals surface area contributed by atoms with Crippen LogP contribution in [0.25, 0.3) is 16.7 Å². The van der Waals surface area contributed by atoms with Crippen LogP contribution < -0.4 is 15.8 Å². The van der Waals surface area contributed by atoms with E-state index in [1.165, 1.54) is 6.26 Å². The van der Waals surface area contributed by atoms with Gasteiger partial charge in [-0.3, -0.25) is 0 Å². The van der Waals surface area contributed by atoms with Gasteiger partial charge < -0.3 is 20.4 Å². The fraction of sp³-hybridized carbons (Fsp3) is 0.478. The first kappa shape index (κ1) is 22.5. The van der Waals surface area contributed by atoms with Crippen molar-refractivity contribution < 1.29 is 13.2 Å². The van der Waals surface area contributed by atoms with Crippen LogP contribution in [0.3, 0.4) is 0 Å². The lowest BCUT2D eigenvalue weighted by Gasteiger charge is -2.28. The zero-order valence-electron chi connectivity index (χ0n) is 18.4. The Morgan fingerprint density at radius 3 is 2.75 bits per heavy atom. The molecule has 0 aliphatic heterocycles. The molecule has 1 aromatic carbocycles. The molecule has 2 aromatic heterocycles.